The fourth-order valence-corrected chi connectivity index (χ4v) is 0.689. The van der Waals surface area contributed by atoms with E-state index < -0.39 is 18.0 Å². The van der Waals surface area contributed by atoms with Gasteiger partial charge in [-0.05, 0) is 13.8 Å². The van der Waals surface area contributed by atoms with Gasteiger partial charge in [-0.15, -0.1) is 0 Å². The van der Waals surface area contributed by atoms with Gasteiger partial charge in [0.15, 0.2) is 0 Å². The Bertz CT molecular complexity index is 151. The molecule has 3 heteroatoms. The summed E-state index contributed by atoms with van der Waals surface area (Å²) < 4.78 is 4.45. The number of allylic oxidation sites excluding steroid dienone is 1. The van der Waals surface area contributed by atoms with Crippen LogP contribution in [0.1, 0.15) is 13.8 Å². The van der Waals surface area contributed by atoms with Crippen molar-refractivity contribution < 1.29 is 14.6 Å². The van der Waals surface area contributed by atoms with Gasteiger partial charge in [0.25, 0.3) is 0 Å². The molecule has 0 aliphatic carbocycles. The maximum absolute atomic E-state index is 10.8. The molecule has 0 amide bonds. The van der Waals surface area contributed by atoms with Crippen LogP contribution in [0.5, 0.6) is 0 Å². The standard InChI is InChI=1S/C8H14O3/c1-4-5-7(9)6(2)8(10)11-3/h4-7,9H,1-3H3/b5-4+/t6-,7+/m1/s1. The first kappa shape index (κ1) is 10.2. The lowest BCUT2D eigenvalue weighted by molar-refractivity contribution is -0.147. The molecule has 0 aliphatic rings. The van der Waals surface area contributed by atoms with Crippen LogP contribution in [0, 0.1) is 5.92 Å². The van der Waals surface area contributed by atoms with Crippen molar-refractivity contribution in [1.29, 1.82) is 0 Å². The molecule has 2 atom stereocenters. The second kappa shape index (κ2) is 4.91. The molecule has 0 saturated carbocycles. The maximum atomic E-state index is 10.8. The Morgan fingerprint density at radius 3 is 2.55 bits per heavy atom. The van der Waals surface area contributed by atoms with Crippen molar-refractivity contribution in [2.75, 3.05) is 7.11 Å². The highest BCUT2D eigenvalue weighted by Gasteiger charge is 2.19. The van der Waals surface area contributed by atoms with Crippen LogP contribution in [0.4, 0.5) is 0 Å². The van der Waals surface area contributed by atoms with Gasteiger partial charge in [0, 0.05) is 0 Å². The van der Waals surface area contributed by atoms with Crippen LogP contribution in [0.25, 0.3) is 0 Å². The van der Waals surface area contributed by atoms with Gasteiger partial charge in [-0.1, -0.05) is 12.2 Å². The number of ether oxygens (including phenoxy) is 1. The normalized spacial score (nSPS) is 16.4. The minimum atomic E-state index is -0.743. The molecule has 0 spiro atoms. The van der Waals surface area contributed by atoms with Gasteiger partial charge in [-0.25, -0.2) is 0 Å². The molecule has 64 valence electrons. The summed E-state index contributed by atoms with van der Waals surface area (Å²) in [5.41, 5.74) is 0. The number of rotatable bonds is 3. The van der Waals surface area contributed by atoms with Gasteiger partial charge >= 0.3 is 5.97 Å². The molecule has 0 heterocycles. The predicted molar refractivity (Wildman–Crippen MR) is 42.0 cm³/mol. The first-order valence-electron chi connectivity index (χ1n) is 3.52. The maximum Gasteiger partial charge on any atom is 0.311 e. The summed E-state index contributed by atoms with van der Waals surface area (Å²) in [5.74, 6) is -0.883. The Balaban J connectivity index is 4.01. The summed E-state index contributed by atoms with van der Waals surface area (Å²) in [5, 5.41) is 9.23. The van der Waals surface area contributed by atoms with Gasteiger partial charge in [0.2, 0.25) is 0 Å². The van der Waals surface area contributed by atoms with E-state index in [4.69, 9.17) is 0 Å². The van der Waals surface area contributed by atoms with Crippen LogP contribution in [-0.2, 0) is 9.53 Å². The third-order valence-corrected chi connectivity index (χ3v) is 1.47. The van der Waals surface area contributed by atoms with E-state index in [1.165, 1.54) is 7.11 Å². The summed E-state index contributed by atoms with van der Waals surface area (Å²) in [6.07, 6.45) is 2.51. The first-order chi connectivity index (χ1) is 5.13. The minimum absolute atomic E-state index is 0.393. The fourth-order valence-electron chi connectivity index (χ4n) is 0.689. The molecular formula is C8H14O3. The number of aliphatic hydroxyl groups is 1. The first-order valence-corrected chi connectivity index (χ1v) is 3.52. The Hall–Kier alpha value is -0.830. The molecule has 0 fully saturated rings. The molecule has 0 aromatic rings. The number of carbonyl (C=O) groups is 1. The second-order valence-corrected chi connectivity index (χ2v) is 2.33. The van der Waals surface area contributed by atoms with Crippen molar-refractivity contribution in [2.45, 2.75) is 20.0 Å². The Morgan fingerprint density at radius 1 is 1.64 bits per heavy atom. The van der Waals surface area contributed by atoms with Crippen LogP contribution < -0.4 is 0 Å². The third-order valence-electron chi connectivity index (χ3n) is 1.47. The Labute approximate surface area is 66.7 Å². The molecule has 3 nitrogen and oxygen atoms in total. The number of hydrogen-bond donors (Lipinski definition) is 1. The van der Waals surface area contributed by atoms with Gasteiger partial charge in [0.1, 0.15) is 0 Å². The largest absolute Gasteiger partial charge is 0.469 e. The number of carbonyl (C=O) groups excluding carboxylic acids is 1. The van der Waals surface area contributed by atoms with E-state index >= 15 is 0 Å². The number of esters is 1. The van der Waals surface area contributed by atoms with Crippen molar-refractivity contribution in [3.8, 4) is 0 Å². The predicted octanol–water partition coefficient (Wildman–Crippen LogP) is 0.732. The highest BCUT2D eigenvalue weighted by molar-refractivity contribution is 5.72. The van der Waals surface area contributed by atoms with Crippen molar-refractivity contribution >= 4 is 5.97 Å². The Kier molecular flexibility index (Phi) is 4.54. The molecule has 0 bridgehead atoms. The average Bonchev–Trinajstić information content (AvgIpc) is 2.02. The number of methoxy groups -OCH3 is 1. The van der Waals surface area contributed by atoms with E-state index in [0.29, 0.717) is 0 Å². The van der Waals surface area contributed by atoms with Crippen molar-refractivity contribution in [3.63, 3.8) is 0 Å². The van der Waals surface area contributed by atoms with Crippen molar-refractivity contribution in [2.24, 2.45) is 5.92 Å². The summed E-state index contributed by atoms with van der Waals surface area (Å²) in [4.78, 5) is 10.8. The zero-order chi connectivity index (χ0) is 8.85. The van der Waals surface area contributed by atoms with Crippen LogP contribution in [0.15, 0.2) is 12.2 Å². The fraction of sp³-hybridized carbons (Fsp3) is 0.625. The zero-order valence-corrected chi connectivity index (χ0v) is 7.07. The summed E-state index contributed by atoms with van der Waals surface area (Å²) in [7, 11) is 1.31. The SMILES string of the molecule is C/C=C/[C@H](O)[C@@H](C)C(=O)OC. The van der Waals surface area contributed by atoms with Gasteiger partial charge in [-0.3, -0.25) is 4.79 Å². The molecule has 0 radical (unpaired) electrons. The highest BCUT2D eigenvalue weighted by Crippen LogP contribution is 2.05. The average molecular weight is 158 g/mol. The summed E-state index contributed by atoms with van der Waals surface area (Å²) in [6, 6.07) is 0. The van der Waals surface area contributed by atoms with E-state index in [1.54, 1.807) is 26.0 Å². The lowest BCUT2D eigenvalue weighted by Crippen LogP contribution is -2.24. The molecule has 0 saturated heterocycles. The topological polar surface area (TPSA) is 46.5 Å². The van der Waals surface area contributed by atoms with Crippen molar-refractivity contribution in [1.82, 2.24) is 0 Å². The number of aliphatic hydroxyl groups excluding tert-OH is 1. The lowest BCUT2D eigenvalue weighted by atomic mass is 10.1. The Morgan fingerprint density at radius 2 is 2.18 bits per heavy atom. The smallest absolute Gasteiger partial charge is 0.311 e. The molecule has 0 aromatic heterocycles. The van der Waals surface area contributed by atoms with Crippen LogP contribution in [0.2, 0.25) is 0 Å². The van der Waals surface area contributed by atoms with E-state index in [2.05, 4.69) is 4.74 Å². The molecule has 11 heavy (non-hydrogen) atoms. The monoisotopic (exact) mass is 158 g/mol. The van der Waals surface area contributed by atoms with E-state index in [9.17, 15) is 9.90 Å². The zero-order valence-electron chi connectivity index (χ0n) is 7.07. The van der Waals surface area contributed by atoms with Crippen LogP contribution in [0.3, 0.4) is 0 Å². The molecular weight excluding hydrogens is 144 g/mol. The summed E-state index contributed by atoms with van der Waals surface area (Å²) in [6.45, 7) is 3.41. The molecule has 0 aromatic carbocycles. The third kappa shape index (κ3) is 3.18. The van der Waals surface area contributed by atoms with E-state index in [0.717, 1.165) is 0 Å². The second-order valence-electron chi connectivity index (χ2n) is 2.33. The highest BCUT2D eigenvalue weighted by atomic mass is 16.5. The van der Waals surface area contributed by atoms with Gasteiger partial charge < -0.3 is 9.84 Å². The molecule has 0 unspecified atom stereocenters. The van der Waals surface area contributed by atoms with Crippen LogP contribution in [-0.4, -0.2) is 24.3 Å². The van der Waals surface area contributed by atoms with Gasteiger partial charge in [0.05, 0.1) is 19.1 Å². The molecule has 1 N–H and O–H groups in total. The molecule has 0 rings (SSSR count). The number of hydrogen-bond acceptors (Lipinski definition) is 3. The minimum Gasteiger partial charge on any atom is -0.469 e. The quantitative estimate of drug-likeness (QED) is 0.486. The van der Waals surface area contributed by atoms with Crippen LogP contribution >= 0.6 is 0 Å². The van der Waals surface area contributed by atoms with Crippen molar-refractivity contribution in [3.05, 3.63) is 12.2 Å². The molecule has 0 aliphatic heterocycles. The van der Waals surface area contributed by atoms with E-state index in [-0.39, 0.29) is 0 Å². The lowest BCUT2D eigenvalue weighted by Gasteiger charge is -2.11. The summed E-state index contributed by atoms with van der Waals surface area (Å²) >= 11 is 0. The van der Waals surface area contributed by atoms with Gasteiger partial charge in [-0.2, -0.15) is 0 Å². The van der Waals surface area contributed by atoms with E-state index in [1.807, 2.05) is 0 Å².